The van der Waals surface area contributed by atoms with Gasteiger partial charge in [0.25, 0.3) is 0 Å². The van der Waals surface area contributed by atoms with E-state index in [4.69, 9.17) is 9.84 Å². The van der Waals surface area contributed by atoms with Gasteiger partial charge in [0.1, 0.15) is 11.9 Å². The third-order valence-corrected chi connectivity index (χ3v) is 3.50. The lowest BCUT2D eigenvalue weighted by Crippen LogP contribution is -2.45. The minimum atomic E-state index is -0.0389. The first-order valence-electron chi connectivity index (χ1n) is 6.62. The lowest BCUT2D eigenvalue weighted by atomic mass is 10.0. The maximum Gasteiger partial charge on any atom is 0.123 e. The monoisotopic (exact) mass is 249 g/mol. The van der Waals surface area contributed by atoms with E-state index >= 15 is 0 Å². The number of aliphatic hydroxyl groups excluding tert-OH is 1. The summed E-state index contributed by atoms with van der Waals surface area (Å²) in [7, 11) is 0. The van der Waals surface area contributed by atoms with Crippen molar-refractivity contribution in [2.45, 2.75) is 45.3 Å². The van der Waals surface area contributed by atoms with Crippen molar-refractivity contribution < 1.29 is 9.84 Å². The maximum absolute atomic E-state index is 9.00. The van der Waals surface area contributed by atoms with Crippen LogP contribution in [0.15, 0.2) is 18.2 Å². The molecule has 0 fully saturated rings. The Morgan fingerprint density at radius 2 is 2.22 bits per heavy atom. The SMILES string of the molecule is Cc1ccc2c(c1)CC(CNC(C)(C)CCO)O2. The van der Waals surface area contributed by atoms with E-state index in [1.807, 2.05) is 0 Å². The van der Waals surface area contributed by atoms with E-state index in [9.17, 15) is 0 Å². The van der Waals surface area contributed by atoms with Crippen molar-refractivity contribution in [3.05, 3.63) is 29.3 Å². The van der Waals surface area contributed by atoms with Crippen molar-refractivity contribution in [1.29, 1.82) is 0 Å². The standard InChI is InChI=1S/C15H23NO2/c1-11-4-5-14-12(8-11)9-13(18-14)10-16-15(2,3)6-7-17/h4-5,8,13,16-17H,6-7,9-10H2,1-3H3. The molecule has 1 unspecified atom stereocenters. The van der Waals surface area contributed by atoms with Crippen molar-refractivity contribution in [3.63, 3.8) is 0 Å². The van der Waals surface area contributed by atoms with Gasteiger partial charge >= 0.3 is 0 Å². The van der Waals surface area contributed by atoms with Crippen LogP contribution in [0.5, 0.6) is 5.75 Å². The van der Waals surface area contributed by atoms with Gasteiger partial charge in [-0.05, 0) is 38.8 Å². The molecular weight excluding hydrogens is 226 g/mol. The quantitative estimate of drug-likeness (QED) is 0.839. The second kappa shape index (κ2) is 5.29. The zero-order valence-corrected chi connectivity index (χ0v) is 11.5. The van der Waals surface area contributed by atoms with E-state index in [0.29, 0.717) is 0 Å². The van der Waals surface area contributed by atoms with Crippen molar-refractivity contribution in [3.8, 4) is 5.75 Å². The van der Waals surface area contributed by atoms with Gasteiger partial charge in [0.05, 0.1) is 0 Å². The van der Waals surface area contributed by atoms with Crippen molar-refractivity contribution in [1.82, 2.24) is 5.32 Å². The molecule has 0 saturated carbocycles. The van der Waals surface area contributed by atoms with E-state index < -0.39 is 0 Å². The molecule has 3 nitrogen and oxygen atoms in total. The van der Waals surface area contributed by atoms with Crippen LogP contribution in [0.2, 0.25) is 0 Å². The summed E-state index contributed by atoms with van der Waals surface area (Å²) in [5.41, 5.74) is 2.55. The van der Waals surface area contributed by atoms with Crippen LogP contribution in [-0.4, -0.2) is 29.9 Å². The third kappa shape index (κ3) is 3.24. The molecule has 0 saturated heterocycles. The summed E-state index contributed by atoms with van der Waals surface area (Å²) in [6.07, 6.45) is 1.94. The van der Waals surface area contributed by atoms with Gasteiger partial charge in [-0.15, -0.1) is 0 Å². The molecule has 0 bridgehead atoms. The van der Waals surface area contributed by atoms with E-state index in [2.05, 4.69) is 44.3 Å². The van der Waals surface area contributed by atoms with Crippen LogP contribution in [0, 0.1) is 6.92 Å². The molecule has 0 aromatic heterocycles. The lowest BCUT2D eigenvalue weighted by Gasteiger charge is -2.27. The predicted octanol–water partition coefficient (Wildman–Crippen LogP) is 2.05. The predicted molar refractivity (Wildman–Crippen MR) is 73.1 cm³/mol. The van der Waals surface area contributed by atoms with Crippen LogP contribution >= 0.6 is 0 Å². The van der Waals surface area contributed by atoms with E-state index in [1.165, 1.54) is 11.1 Å². The Morgan fingerprint density at radius 3 is 2.94 bits per heavy atom. The van der Waals surface area contributed by atoms with Gasteiger partial charge in [0.2, 0.25) is 0 Å². The molecule has 1 aliphatic rings. The molecule has 1 atom stereocenters. The molecule has 2 N–H and O–H groups in total. The summed E-state index contributed by atoms with van der Waals surface area (Å²) >= 11 is 0. The Morgan fingerprint density at radius 1 is 1.44 bits per heavy atom. The highest BCUT2D eigenvalue weighted by atomic mass is 16.5. The van der Waals surface area contributed by atoms with E-state index in [-0.39, 0.29) is 18.2 Å². The van der Waals surface area contributed by atoms with Crippen LogP contribution < -0.4 is 10.1 Å². The molecular formula is C15H23NO2. The molecule has 0 spiro atoms. The Hall–Kier alpha value is -1.06. The van der Waals surface area contributed by atoms with Gasteiger partial charge in [0.15, 0.2) is 0 Å². The summed E-state index contributed by atoms with van der Waals surface area (Å²) < 4.78 is 5.91. The molecule has 2 rings (SSSR count). The Labute approximate surface area is 109 Å². The number of benzene rings is 1. The molecule has 1 aromatic carbocycles. The van der Waals surface area contributed by atoms with Crippen LogP contribution in [-0.2, 0) is 6.42 Å². The summed E-state index contributed by atoms with van der Waals surface area (Å²) in [5.74, 6) is 1.02. The van der Waals surface area contributed by atoms with E-state index in [1.54, 1.807) is 0 Å². The van der Waals surface area contributed by atoms with Crippen molar-refractivity contribution in [2.24, 2.45) is 0 Å². The van der Waals surface area contributed by atoms with Gasteiger partial charge in [0, 0.05) is 25.1 Å². The molecule has 1 aromatic rings. The zero-order valence-electron chi connectivity index (χ0n) is 11.5. The first-order valence-corrected chi connectivity index (χ1v) is 6.62. The molecule has 1 heterocycles. The fraction of sp³-hybridized carbons (Fsp3) is 0.600. The first kappa shape index (κ1) is 13.4. The van der Waals surface area contributed by atoms with Crippen LogP contribution in [0.1, 0.15) is 31.4 Å². The summed E-state index contributed by atoms with van der Waals surface area (Å²) in [5, 5.41) is 12.5. The molecule has 0 aliphatic carbocycles. The van der Waals surface area contributed by atoms with Crippen molar-refractivity contribution in [2.75, 3.05) is 13.2 Å². The highest BCUT2D eigenvalue weighted by Crippen LogP contribution is 2.29. The maximum atomic E-state index is 9.00. The average molecular weight is 249 g/mol. The van der Waals surface area contributed by atoms with Crippen LogP contribution in [0.4, 0.5) is 0 Å². The molecule has 18 heavy (non-hydrogen) atoms. The highest BCUT2D eigenvalue weighted by Gasteiger charge is 2.25. The molecule has 3 heteroatoms. The normalized spacial score (nSPS) is 18.6. The zero-order chi connectivity index (χ0) is 13.2. The number of hydrogen-bond acceptors (Lipinski definition) is 3. The fourth-order valence-electron chi connectivity index (χ4n) is 2.32. The summed E-state index contributed by atoms with van der Waals surface area (Å²) in [6.45, 7) is 7.35. The minimum Gasteiger partial charge on any atom is -0.488 e. The van der Waals surface area contributed by atoms with Crippen LogP contribution in [0.25, 0.3) is 0 Å². The number of fused-ring (bicyclic) bond motifs is 1. The van der Waals surface area contributed by atoms with Gasteiger partial charge in [-0.3, -0.25) is 0 Å². The summed E-state index contributed by atoms with van der Waals surface area (Å²) in [4.78, 5) is 0. The second-order valence-corrected chi connectivity index (χ2v) is 5.79. The van der Waals surface area contributed by atoms with E-state index in [0.717, 1.165) is 25.1 Å². The molecule has 0 amide bonds. The topological polar surface area (TPSA) is 41.5 Å². The Balaban J connectivity index is 1.88. The van der Waals surface area contributed by atoms with Gasteiger partial charge < -0.3 is 15.2 Å². The second-order valence-electron chi connectivity index (χ2n) is 5.79. The number of nitrogens with one attached hydrogen (secondary N) is 1. The Kier molecular flexibility index (Phi) is 3.93. The Bertz CT molecular complexity index is 415. The van der Waals surface area contributed by atoms with Gasteiger partial charge in [-0.2, -0.15) is 0 Å². The minimum absolute atomic E-state index is 0.0389. The largest absolute Gasteiger partial charge is 0.488 e. The number of ether oxygens (including phenoxy) is 1. The van der Waals surface area contributed by atoms with Gasteiger partial charge in [-0.25, -0.2) is 0 Å². The molecule has 0 radical (unpaired) electrons. The fourth-order valence-corrected chi connectivity index (χ4v) is 2.32. The molecule has 100 valence electrons. The highest BCUT2D eigenvalue weighted by molar-refractivity contribution is 5.40. The number of aliphatic hydroxyl groups is 1. The average Bonchev–Trinajstić information content (AvgIpc) is 2.68. The number of rotatable bonds is 5. The number of hydrogen-bond donors (Lipinski definition) is 2. The summed E-state index contributed by atoms with van der Waals surface area (Å²) in [6, 6.07) is 6.35. The lowest BCUT2D eigenvalue weighted by molar-refractivity contribution is 0.187. The third-order valence-electron chi connectivity index (χ3n) is 3.50. The number of aryl methyl sites for hydroxylation is 1. The first-order chi connectivity index (χ1) is 8.50. The molecule has 1 aliphatic heterocycles. The van der Waals surface area contributed by atoms with Crippen molar-refractivity contribution >= 4 is 0 Å². The van der Waals surface area contributed by atoms with Gasteiger partial charge in [-0.1, -0.05) is 17.7 Å². The van der Waals surface area contributed by atoms with Crippen LogP contribution in [0.3, 0.4) is 0 Å². The smallest absolute Gasteiger partial charge is 0.123 e.